The fourth-order valence-corrected chi connectivity index (χ4v) is 5.05. The zero-order valence-electron chi connectivity index (χ0n) is 13.0. The van der Waals surface area contributed by atoms with Gasteiger partial charge in [-0.05, 0) is 50.1 Å². The van der Waals surface area contributed by atoms with Crippen LogP contribution in [0.1, 0.15) is 33.6 Å². The average Bonchev–Trinajstić information content (AvgIpc) is 2.64. The molecule has 7 heteroatoms. The number of hydrogen-bond acceptors (Lipinski definition) is 4. The molecule has 23 heavy (non-hydrogen) atoms. The number of ether oxygens (including phenoxy) is 1. The summed E-state index contributed by atoms with van der Waals surface area (Å²) in [5.74, 6) is -1.61. The molecule has 0 spiro atoms. The smallest absolute Gasteiger partial charge is 0.442 e. The van der Waals surface area contributed by atoms with Crippen molar-refractivity contribution in [3.8, 4) is 0 Å². The second-order valence-corrected chi connectivity index (χ2v) is 8.29. The van der Waals surface area contributed by atoms with Crippen molar-refractivity contribution in [1.82, 2.24) is 0 Å². The Bertz CT molecular complexity index is 651. The molecule has 0 unspecified atom stereocenters. The highest BCUT2D eigenvalue weighted by molar-refractivity contribution is 8.02. The normalized spacial score (nSPS) is 40.1. The number of allylic oxidation sites excluding steroid dienone is 3. The standard InChI is InChI=1S/C16H17F3O3S/c1-8-10(20)5-7-14(2)6-4-9-12(11(8)14)22-13(21)15(9,3)23-16(17,18)19/h5,7,9,12H,4,6H2,1-3H3/t9-,12+,14+,15-/m1/s1. The van der Waals surface area contributed by atoms with E-state index in [0.717, 1.165) is 0 Å². The summed E-state index contributed by atoms with van der Waals surface area (Å²) >= 11 is -0.299. The van der Waals surface area contributed by atoms with Crippen LogP contribution in [-0.2, 0) is 14.3 Å². The number of carbonyl (C=O) groups excluding carboxylic acids is 2. The van der Waals surface area contributed by atoms with Gasteiger partial charge in [-0.25, -0.2) is 0 Å². The molecule has 1 heterocycles. The number of rotatable bonds is 1. The summed E-state index contributed by atoms with van der Waals surface area (Å²) in [6.07, 6.45) is 3.57. The summed E-state index contributed by atoms with van der Waals surface area (Å²) in [5.41, 5.74) is -3.80. The molecule has 4 atom stereocenters. The minimum absolute atomic E-state index is 0.175. The molecule has 0 radical (unpaired) electrons. The molecule has 1 saturated heterocycles. The quantitative estimate of drug-likeness (QED) is 0.678. The maximum Gasteiger partial charge on any atom is 0.442 e. The Balaban J connectivity index is 2.04. The van der Waals surface area contributed by atoms with Crippen LogP contribution in [-0.4, -0.2) is 28.1 Å². The molecular weight excluding hydrogens is 329 g/mol. The van der Waals surface area contributed by atoms with Crippen LogP contribution in [0.5, 0.6) is 0 Å². The molecule has 3 aliphatic rings. The van der Waals surface area contributed by atoms with Crippen molar-refractivity contribution in [2.75, 3.05) is 0 Å². The minimum atomic E-state index is -4.52. The highest BCUT2D eigenvalue weighted by Gasteiger charge is 2.63. The Kier molecular flexibility index (Phi) is 3.52. The number of esters is 1. The largest absolute Gasteiger partial charge is 0.456 e. The Morgan fingerprint density at radius 2 is 1.96 bits per heavy atom. The van der Waals surface area contributed by atoms with E-state index in [4.69, 9.17) is 4.74 Å². The Labute approximate surface area is 136 Å². The van der Waals surface area contributed by atoms with Gasteiger partial charge in [0.15, 0.2) is 5.78 Å². The van der Waals surface area contributed by atoms with Crippen molar-refractivity contribution >= 4 is 23.5 Å². The first-order valence-corrected chi connectivity index (χ1v) is 8.22. The number of carbonyl (C=O) groups is 2. The van der Waals surface area contributed by atoms with Crippen LogP contribution < -0.4 is 0 Å². The van der Waals surface area contributed by atoms with Gasteiger partial charge in [0.05, 0.1) is 0 Å². The van der Waals surface area contributed by atoms with Gasteiger partial charge < -0.3 is 4.74 Å². The molecule has 2 fully saturated rings. The van der Waals surface area contributed by atoms with Crippen molar-refractivity contribution in [2.24, 2.45) is 11.3 Å². The molecule has 1 aliphatic heterocycles. The molecule has 2 aliphatic carbocycles. The highest BCUT2D eigenvalue weighted by atomic mass is 32.2. The SMILES string of the molecule is CC1=C2[C@H]3OC(=O)[C@](C)(SC(F)(F)F)[C@@H]3CC[C@@]2(C)C=CC1=O. The average molecular weight is 346 g/mol. The van der Waals surface area contributed by atoms with E-state index in [1.54, 1.807) is 13.0 Å². The molecule has 126 valence electrons. The van der Waals surface area contributed by atoms with Crippen LogP contribution in [0.2, 0.25) is 0 Å². The van der Waals surface area contributed by atoms with E-state index in [9.17, 15) is 22.8 Å². The summed E-state index contributed by atoms with van der Waals surface area (Å²) in [6, 6.07) is 0. The van der Waals surface area contributed by atoms with Gasteiger partial charge >= 0.3 is 11.5 Å². The highest BCUT2D eigenvalue weighted by Crippen LogP contribution is 2.59. The molecule has 0 N–H and O–H groups in total. The van der Waals surface area contributed by atoms with E-state index < -0.39 is 33.7 Å². The summed E-state index contributed by atoms with van der Waals surface area (Å²) in [7, 11) is 0. The number of alkyl halides is 3. The van der Waals surface area contributed by atoms with Gasteiger partial charge in [0.1, 0.15) is 10.9 Å². The molecule has 0 aromatic rings. The summed E-state index contributed by atoms with van der Waals surface area (Å²) < 4.78 is 42.4. The number of thioether (sulfide) groups is 1. The topological polar surface area (TPSA) is 43.4 Å². The van der Waals surface area contributed by atoms with Crippen LogP contribution >= 0.6 is 11.8 Å². The number of fused-ring (bicyclic) bond motifs is 3. The Morgan fingerprint density at radius 1 is 1.30 bits per heavy atom. The monoisotopic (exact) mass is 346 g/mol. The molecular formula is C16H17F3O3S. The van der Waals surface area contributed by atoms with E-state index in [-0.39, 0.29) is 17.5 Å². The zero-order chi connectivity index (χ0) is 17.2. The third-order valence-electron chi connectivity index (χ3n) is 5.29. The third kappa shape index (κ3) is 2.44. The van der Waals surface area contributed by atoms with Gasteiger partial charge in [-0.15, -0.1) is 0 Å². The van der Waals surface area contributed by atoms with Crippen LogP contribution in [0.25, 0.3) is 0 Å². The first-order chi connectivity index (χ1) is 10.5. The number of hydrogen-bond donors (Lipinski definition) is 0. The van der Waals surface area contributed by atoms with Gasteiger partial charge in [-0.3, -0.25) is 9.59 Å². The summed E-state index contributed by atoms with van der Waals surface area (Å²) in [4.78, 5) is 24.2. The van der Waals surface area contributed by atoms with E-state index >= 15 is 0 Å². The van der Waals surface area contributed by atoms with Crippen LogP contribution in [0, 0.1) is 11.3 Å². The van der Waals surface area contributed by atoms with Gasteiger partial charge in [-0.2, -0.15) is 13.2 Å². The van der Waals surface area contributed by atoms with Crippen molar-refractivity contribution in [3.63, 3.8) is 0 Å². The lowest BCUT2D eigenvalue weighted by Gasteiger charge is -2.44. The van der Waals surface area contributed by atoms with E-state index in [0.29, 0.717) is 24.0 Å². The fraction of sp³-hybridized carbons (Fsp3) is 0.625. The summed E-state index contributed by atoms with van der Waals surface area (Å²) in [5, 5.41) is 0. The van der Waals surface area contributed by atoms with Gasteiger partial charge in [0.25, 0.3) is 0 Å². The third-order valence-corrected chi connectivity index (χ3v) is 6.42. The van der Waals surface area contributed by atoms with Crippen LogP contribution in [0.4, 0.5) is 13.2 Å². The second-order valence-electron chi connectivity index (χ2n) is 6.78. The van der Waals surface area contributed by atoms with Gasteiger partial charge in [0, 0.05) is 16.9 Å². The first kappa shape index (κ1) is 16.6. The molecule has 0 aromatic carbocycles. The Hall–Kier alpha value is -1.24. The van der Waals surface area contributed by atoms with Crippen LogP contribution in [0.3, 0.4) is 0 Å². The van der Waals surface area contributed by atoms with Crippen molar-refractivity contribution in [2.45, 2.75) is 50.0 Å². The van der Waals surface area contributed by atoms with Gasteiger partial charge in [-0.1, -0.05) is 13.0 Å². The Morgan fingerprint density at radius 3 is 2.57 bits per heavy atom. The maximum absolute atomic E-state index is 12.9. The first-order valence-electron chi connectivity index (χ1n) is 7.41. The number of halogens is 3. The molecule has 0 aromatic heterocycles. The lowest BCUT2D eigenvalue weighted by Crippen LogP contribution is -2.45. The minimum Gasteiger partial charge on any atom is -0.456 e. The molecule has 1 saturated carbocycles. The predicted octanol–water partition coefficient (Wildman–Crippen LogP) is 3.80. The number of ketones is 1. The van der Waals surface area contributed by atoms with Crippen molar-refractivity contribution < 1.29 is 27.5 Å². The fourth-order valence-electron chi connectivity index (χ4n) is 4.05. The van der Waals surface area contributed by atoms with Gasteiger partial charge in [0.2, 0.25) is 0 Å². The lowest BCUT2D eigenvalue weighted by molar-refractivity contribution is -0.142. The van der Waals surface area contributed by atoms with Crippen LogP contribution in [0.15, 0.2) is 23.3 Å². The van der Waals surface area contributed by atoms with Crippen molar-refractivity contribution in [1.29, 1.82) is 0 Å². The molecule has 0 amide bonds. The van der Waals surface area contributed by atoms with E-state index in [2.05, 4.69) is 0 Å². The second kappa shape index (κ2) is 4.88. The maximum atomic E-state index is 12.9. The molecule has 3 nitrogen and oxygen atoms in total. The van der Waals surface area contributed by atoms with E-state index in [1.165, 1.54) is 13.0 Å². The predicted molar refractivity (Wildman–Crippen MR) is 79.6 cm³/mol. The molecule has 0 bridgehead atoms. The van der Waals surface area contributed by atoms with E-state index in [1.807, 2.05) is 6.92 Å². The zero-order valence-corrected chi connectivity index (χ0v) is 13.8. The summed E-state index contributed by atoms with van der Waals surface area (Å²) in [6.45, 7) is 4.89. The molecule has 3 rings (SSSR count). The van der Waals surface area contributed by atoms with Crippen molar-refractivity contribution in [3.05, 3.63) is 23.3 Å². The lowest BCUT2D eigenvalue weighted by atomic mass is 9.61.